The van der Waals surface area contributed by atoms with Gasteiger partial charge in [-0.1, -0.05) is 23.7 Å². The van der Waals surface area contributed by atoms with Crippen molar-refractivity contribution in [2.24, 2.45) is 4.40 Å². The van der Waals surface area contributed by atoms with Crippen LogP contribution in [0.25, 0.3) is 11.1 Å². The molecule has 3 rings (SSSR count). The minimum absolute atomic E-state index is 0.0150. The minimum Gasteiger partial charge on any atom is -0.358 e. The summed E-state index contributed by atoms with van der Waals surface area (Å²) in [4.78, 5) is 4.50. The van der Waals surface area contributed by atoms with Crippen LogP contribution < -0.4 is 10.6 Å². The van der Waals surface area contributed by atoms with E-state index in [-0.39, 0.29) is 5.02 Å². The molecule has 0 fully saturated rings. The number of benzene rings is 1. The highest BCUT2D eigenvalue weighted by atomic mass is 35.5. The smallest absolute Gasteiger partial charge is 0.232 e. The predicted molar refractivity (Wildman–Crippen MR) is 80.6 cm³/mol. The zero-order chi connectivity index (χ0) is 14.1. The van der Waals surface area contributed by atoms with Gasteiger partial charge in [0, 0.05) is 36.3 Å². The Kier molecular flexibility index (Phi) is 3.50. The molecular formula is C13H10ClFN4S. The van der Waals surface area contributed by atoms with E-state index in [1.807, 2.05) is 18.2 Å². The van der Waals surface area contributed by atoms with Crippen LogP contribution in [0.1, 0.15) is 0 Å². The Hall–Kier alpha value is -1.79. The van der Waals surface area contributed by atoms with Crippen LogP contribution in [-0.4, -0.2) is 18.0 Å². The Bertz CT molecular complexity index is 705. The summed E-state index contributed by atoms with van der Waals surface area (Å²) < 4.78 is 17.8. The van der Waals surface area contributed by atoms with Crippen molar-refractivity contribution in [2.45, 2.75) is 4.90 Å². The third-order valence-corrected chi connectivity index (χ3v) is 4.05. The average molecular weight is 309 g/mol. The van der Waals surface area contributed by atoms with Gasteiger partial charge in [0.25, 0.3) is 0 Å². The summed E-state index contributed by atoms with van der Waals surface area (Å²) in [5.41, 5.74) is 2.26. The number of pyridine rings is 1. The standard InChI is InChI=1S/C13H10ClFN4S/c1-16-13-18-11-8(3-2-4-9(11)20-19-13)7-5-6-17-12(15)10(7)14/h2-6H,1H3,(H2,16,18,19). The maximum Gasteiger partial charge on any atom is 0.232 e. The Morgan fingerprint density at radius 1 is 1.30 bits per heavy atom. The summed E-state index contributed by atoms with van der Waals surface area (Å²) in [5, 5.41) is 6.14. The summed E-state index contributed by atoms with van der Waals surface area (Å²) in [5.74, 6) is -0.0339. The van der Waals surface area contributed by atoms with Crippen LogP contribution >= 0.6 is 23.5 Å². The molecule has 0 saturated heterocycles. The Balaban J connectivity index is 2.15. The first-order valence-corrected chi connectivity index (χ1v) is 6.99. The van der Waals surface area contributed by atoms with Gasteiger partial charge < -0.3 is 10.6 Å². The second-order valence-corrected chi connectivity index (χ2v) is 5.23. The molecule has 4 nitrogen and oxygen atoms in total. The fourth-order valence-electron chi connectivity index (χ4n) is 1.93. The summed E-state index contributed by atoms with van der Waals surface area (Å²) in [6, 6.07) is 7.40. The van der Waals surface area contributed by atoms with E-state index >= 15 is 0 Å². The van der Waals surface area contributed by atoms with Crippen LogP contribution in [0.2, 0.25) is 5.02 Å². The van der Waals surface area contributed by atoms with Gasteiger partial charge in [-0.05, 0) is 12.1 Å². The molecule has 2 N–H and O–H groups in total. The molecule has 1 aromatic carbocycles. The van der Waals surface area contributed by atoms with Crippen LogP contribution in [0, 0.1) is 5.95 Å². The second-order valence-electron chi connectivity index (χ2n) is 4.05. The number of anilines is 1. The maximum absolute atomic E-state index is 13.5. The first kappa shape index (κ1) is 13.2. The fraction of sp³-hybridized carbons (Fsp3) is 0.0769. The Labute approximate surface area is 124 Å². The van der Waals surface area contributed by atoms with Crippen molar-refractivity contribution in [1.82, 2.24) is 10.3 Å². The molecule has 1 aliphatic rings. The maximum atomic E-state index is 13.5. The highest BCUT2D eigenvalue weighted by Crippen LogP contribution is 2.41. The molecule has 0 unspecified atom stereocenters. The van der Waals surface area contributed by atoms with Crippen molar-refractivity contribution in [3.8, 4) is 11.1 Å². The molecule has 1 aromatic heterocycles. The van der Waals surface area contributed by atoms with Gasteiger partial charge in [0.2, 0.25) is 11.9 Å². The fourth-order valence-corrected chi connectivity index (χ4v) is 2.86. The molecule has 0 amide bonds. The number of hydrogen-bond acceptors (Lipinski definition) is 5. The van der Waals surface area contributed by atoms with Crippen LogP contribution in [0.15, 0.2) is 39.8 Å². The lowest BCUT2D eigenvalue weighted by molar-refractivity contribution is 0.585. The van der Waals surface area contributed by atoms with Crippen molar-refractivity contribution in [3.63, 3.8) is 0 Å². The topological polar surface area (TPSA) is 49.3 Å². The van der Waals surface area contributed by atoms with E-state index in [4.69, 9.17) is 11.6 Å². The molecule has 2 heterocycles. The summed E-state index contributed by atoms with van der Waals surface area (Å²) in [6.07, 6.45) is 1.40. The number of nitrogens with zero attached hydrogens (tertiary/aromatic N) is 2. The summed E-state index contributed by atoms with van der Waals surface area (Å²) in [6.45, 7) is 0. The highest BCUT2D eigenvalue weighted by Gasteiger charge is 2.19. The number of halogens is 2. The Morgan fingerprint density at radius 2 is 2.15 bits per heavy atom. The SMILES string of the molecule is CNC1=NSc2cccc(-c3ccnc(F)c3Cl)c2N1. The molecule has 102 valence electrons. The van der Waals surface area contributed by atoms with Gasteiger partial charge >= 0.3 is 0 Å². The molecule has 0 atom stereocenters. The lowest BCUT2D eigenvalue weighted by Gasteiger charge is -2.20. The lowest BCUT2D eigenvalue weighted by Crippen LogP contribution is -2.28. The molecule has 0 saturated carbocycles. The second kappa shape index (κ2) is 5.30. The zero-order valence-electron chi connectivity index (χ0n) is 10.4. The Morgan fingerprint density at radius 3 is 2.95 bits per heavy atom. The van der Waals surface area contributed by atoms with Gasteiger partial charge in [-0.25, -0.2) is 4.98 Å². The van der Waals surface area contributed by atoms with E-state index in [2.05, 4.69) is 20.0 Å². The molecule has 7 heteroatoms. The van der Waals surface area contributed by atoms with E-state index < -0.39 is 5.95 Å². The van der Waals surface area contributed by atoms with E-state index in [0.29, 0.717) is 11.5 Å². The highest BCUT2D eigenvalue weighted by molar-refractivity contribution is 7.98. The van der Waals surface area contributed by atoms with Gasteiger partial charge in [-0.2, -0.15) is 8.79 Å². The van der Waals surface area contributed by atoms with Gasteiger partial charge in [-0.15, -0.1) is 0 Å². The molecule has 1 aliphatic heterocycles. The van der Waals surface area contributed by atoms with Gasteiger partial charge in [0.1, 0.15) is 5.02 Å². The molecule has 2 aromatic rings. The molecular weight excluding hydrogens is 299 g/mol. The molecule has 0 bridgehead atoms. The van der Waals surface area contributed by atoms with Gasteiger partial charge in [0.15, 0.2) is 0 Å². The van der Waals surface area contributed by atoms with E-state index in [1.54, 1.807) is 13.1 Å². The van der Waals surface area contributed by atoms with Crippen molar-refractivity contribution in [2.75, 3.05) is 12.4 Å². The normalized spacial score (nSPS) is 13.2. The predicted octanol–water partition coefficient (Wildman–Crippen LogP) is 3.55. The molecule has 0 aliphatic carbocycles. The number of rotatable bonds is 1. The average Bonchev–Trinajstić information content (AvgIpc) is 2.49. The summed E-state index contributed by atoms with van der Waals surface area (Å²) in [7, 11) is 1.78. The quantitative estimate of drug-likeness (QED) is 0.625. The van der Waals surface area contributed by atoms with Crippen molar-refractivity contribution >= 4 is 35.2 Å². The van der Waals surface area contributed by atoms with Crippen LogP contribution in [0.3, 0.4) is 0 Å². The largest absolute Gasteiger partial charge is 0.358 e. The number of nitrogens with one attached hydrogen (secondary N) is 2. The first-order valence-electron chi connectivity index (χ1n) is 5.84. The number of fused-ring (bicyclic) bond motifs is 1. The monoisotopic (exact) mass is 308 g/mol. The van der Waals surface area contributed by atoms with Crippen molar-refractivity contribution in [1.29, 1.82) is 0 Å². The number of para-hydroxylation sites is 1. The zero-order valence-corrected chi connectivity index (χ0v) is 12.0. The number of guanidine groups is 1. The van der Waals surface area contributed by atoms with E-state index in [1.165, 1.54) is 18.1 Å². The van der Waals surface area contributed by atoms with E-state index in [0.717, 1.165) is 16.1 Å². The third-order valence-electron chi connectivity index (χ3n) is 2.88. The lowest BCUT2D eigenvalue weighted by atomic mass is 10.0. The van der Waals surface area contributed by atoms with Crippen molar-refractivity contribution < 1.29 is 4.39 Å². The van der Waals surface area contributed by atoms with Gasteiger partial charge in [0.05, 0.1) is 10.6 Å². The first-order chi connectivity index (χ1) is 9.70. The molecule has 0 spiro atoms. The molecule has 0 radical (unpaired) electrons. The minimum atomic E-state index is -0.673. The van der Waals surface area contributed by atoms with Crippen LogP contribution in [-0.2, 0) is 0 Å². The van der Waals surface area contributed by atoms with Crippen molar-refractivity contribution in [3.05, 3.63) is 41.4 Å². The van der Waals surface area contributed by atoms with Crippen LogP contribution in [0.5, 0.6) is 0 Å². The third kappa shape index (κ3) is 2.21. The van der Waals surface area contributed by atoms with Crippen LogP contribution in [0.4, 0.5) is 10.1 Å². The van der Waals surface area contributed by atoms with E-state index in [9.17, 15) is 4.39 Å². The van der Waals surface area contributed by atoms with Gasteiger partial charge in [-0.3, -0.25) is 0 Å². The molecule has 20 heavy (non-hydrogen) atoms. The number of aromatic nitrogens is 1. The summed E-state index contributed by atoms with van der Waals surface area (Å²) >= 11 is 7.37. The number of hydrogen-bond donors (Lipinski definition) is 2.